The Morgan fingerprint density at radius 3 is 2.57 bits per heavy atom. The summed E-state index contributed by atoms with van der Waals surface area (Å²) < 4.78 is 25.3. The van der Waals surface area contributed by atoms with Crippen LogP contribution >= 0.6 is 7.83 Å². The Balaban J connectivity index is 3.08. The minimum absolute atomic E-state index is 0.189. The highest BCUT2D eigenvalue weighted by Crippen LogP contribution is 2.20. The summed E-state index contributed by atoms with van der Waals surface area (Å²) in [6.45, 7) is 0. The summed E-state index contributed by atoms with van der Waals surface area (Å²) in [7, 11) is -1.55. The fourth-order valence-electron chi connectivity index (χ4n) is 0.967. The molecule has 1 rings (SSSR count). The molecule has 1 aromatic carbocycles. The molecule has 0 saturated carbocycles. The number of carbonyl (C=O) groups is 1. The molecule has 0 fully saturated rings. The molecule has 0 amide bonds. The first-order chi connectivity index (χ1) is 6.65. The number of carbonyl (C=O) groups excluding carboxylic acids is 1. The zero-order valence-electron chi connectivity index (χ0n) is 7.39. The van der Waals surface area contributed by atoms with Crippen LogP contribution in [0.25, 0.3) is 0 Å². The molecule has 1 N–H and O–H groups in total. The molecule has 0 atom stereocenters. The lowest BCUT2D eigenvalue weighted by Gasteiger charge is -2.04. The average Bonchev–Trinajstić information content (AvgIpc) is 2.16. The second kappa shape index (κ2) is 4.58. The number of methoxy groups -OCH3 is 1. The van der Waals surface area contributed by atoms with Gasteiger partial charge < -0.3 is 4.74 Å². The summed E-state index contributed by atoms with van der Waals surface area (Å²) >= 11 is 0. The van der Waals surface area contributed by atoms with Gasteiger partial charge in [0.2, 0.25) is 0 Å². The molecular formula is C8H8NO4P. The number of esters is 1. The van der Waals surface area contributed by atoms with Crippen molar-refractivity contribution < 1.29 is 18.7 Å². The zero-order chi connectivity index (χ0) is 10.6. The average molecular weight is 213 g/mol. The fourth-order valence-corrected chi connectivity index (χ4v) is 1.36. The van der Waals surface area contributed by atoms with E-state index in [1.165, 1.54) is 19.2 Å². The number of ether oxygens (including phenoxy) is 1. The van der Waals surface area contributed by atoms with Gasteiger partial charge in [0.25, 0.3) is 0 Å². The molecule has 0 aliphatic carbocycles. The Bertz CT molecular complexity index is 406. The fraction of sp³-hybridized carbons (Fsp3) is 0.125. The van der Waals surface area contributed by atoms with Crippen molar-refractivity contribution >= 4 is 19.5 Å². The second-order valence-corrected chi connectivity index (χ2v) is 3.14. The molecule has 1 aromatic rings. The lowest BCUT2D eigenvalue weighted by Crippen LogP contribution is -2.03. The number of rotatable bonds is 3. The van der Waals surface area contributed by atoms with E-state index in [-0.39, 0.29) is 11.3 Å². The van der Waals surface area contributed by atoms with E-state index in [4.69, 9.17) is 0 Å². The number of hydrogen-bond acceptors (Lipinski definition) is 4. The SMILES string of the molecule is COC(=O)c1ccccc1NP(=O)=O. The van der Waals surface area contributed by atoms with Crippen molar-refractivity contribution in [1.82, 2.24) is 0 Å². The van der Waals surface area contributed by atoms with Crippen LogP contribution in [0.4, 0.5) is 5.69 Å². The lowest BCUT2D eigenvalue weighted by molar-refractivity contribution is 0.0602. The van der Waals surface area contributed by atoms with Gasteiger partial charge in [-0.3, -0.25) is 5.09 Å². The number of nitrogens with one attached hydrogen (secondary N) is 1. The van der Waals surface area contributed by atoms with E-state index in [2.05, 4.69) is 9.82 Å². The van der Waals surface area contributed by atoms with E-state index >= 15 is 0 Å². The van der Waals surface area contributed by atoms with Gasteiger partial charge in [-0.25, -0.2) is 13.9 Å². The van der Waals surface area contributed by atoms with Gasteiger partial charge in [0.1, 0.15) is 0 Å². The minimum Gasteiger partial charge on any atom is -0.465 e. The molecule has 0 spiro atoms. The van der Waals surface area contributed by atoms with Crippen LogP contribution in [0.3, 0.4) is 0 Å². The van der Waals surface area contributed by atoms with Crippen molar-refractivity contribution in [1.29, 1.82) is 0 Å². The molecule has 6 heteroatoms. The second-order valence-electron chi connectivity index (χ2n) is 2.41. The Kier molecular flexibility index (Phi) is 3.42. The summed E-state index contributed by atoms with van der Waals surface area (Å²) in [6.07, 6.45) is 0. The molecule has 0 heterocycles. The molecule has 0 saturated heterocycles. The van der Waals surface area contributed by atoms with Crippen LogP contribution < -0.4 is 5.09 Å². The van der Waals surface area contributed by atoms with E-state index in [9.17, 15) is 13.9 Å². The van der Waals surface area contributed by atoms with Gasteiger partial charge >= 0.3 is 13.8 Å². The van der Waals surface area contributed by atoms with Gasteiger partial charge in [-0.05, 0) is 12.1 Å². The molecule has 0 aliphatic heterocycles. The van der Waals surface area contributed by atoms with Crippen LogP contribution in [-0.2, 0) is 13.9 Å². The summed E-state index contributed by atoms with van der Waals surface area (Å²) in [5.74, 6) is -0.579. The van der Waals surface area contributed by atoms with Crippen LogP contribution in [-0.4, -0.2) is 13.1 Å². The number of benzene rings is 1. The van der Waals surface area contributed by atoms with E-state index in [1.807, 2.05) is 0 Å². The highest BCUT2D eigenvalue weighted by Gasteiger charge is 2.11. The van der Waals surface area contributed by atoms with Crippen molar-refractivity contribution in [2.75, 3.05) is 12.2 Å². The smallest absolute Gasteiger partial charge is 0.424 e. The van der Waals surface area contributed by atoms with E-state index < -0.39 is 13.8 Å². The van der Waals surface area contributed by atoms with Crippen molar-refractivity contribution in [3.8, 4) is 0 Å². The predicted molar refractivity (Wildman–Crippen MR) is 49.7 cm³/mol. The molecule has 0 bridgehead atoms. The first kappa shape index (κ1) is 10.5. The number of hydrogen-bond donors (Lipinski definition) is 1. The van der Waals surface area contributed by atoms with Gasteiger partial charge in [-0.2, -0.15) is 0 Å². The normalized spacial score (nSPS) is 9.21. The van der Waals surface area contributed by atoms with E-state index in [0.29, 0.717) is 0 Å². The van der Waals surface area contributed by atoms with Crippen molar-refractivity contribution in [3.63, 3.8) is 0 Å². The Hall–Kier alpha value is -1.61. The summed E-state index contributed by atoms with van der Waals surface area (Å²) in [5.41, 5.74) is 0.407. The number of anilines is 1. The molecule has 0 unspecified atom stereocenters. The van der Waals surface area contributed by atoms with Crippen molar-refractivity contribution in [2.45, 2.75) is 0 Å². The van der Waals surface area contributed by atoms with Crippen LogP contribution in [0.5, 0.6) is 0 Å². The van der Waals surface area contributed by atoms with Gasteiger partial charge in [0.15, 0.2) is 0 Å². The highest BCUT2D eigenvalue weighted by atomic mass is 31.1. The maximum atomic E-state index is 11.2. The van der Waals surface area contributed by atoms with E-state index in [1.54, 1.807) is 12.1 Å². The summed E-state index contributed by atoms with van der Waals surface area (Å²) in [4.78, 5) is 11.2. The summed E-state index contributed by atoms with van der Waals surface area (Å²) in [6, 6.07) is 6.20. The molecular weight excluding hydrogens is 205 g/mol. The molecule has 0 aliphatic rings. The largest absolute Gasteiger partial charge is 0.465 e. The van der Waals surface area contributed by atoms with Crippen LogP contribution in [0.2, 0.25) is 0 Å². The molecule has 74 valence electrons. The zero-order valence-corrected chi connectivity index (χ0v) is 8.28. The predicted octanol–water partition coefficient (Wildman–Crippen LogP) is 1.97. The van der Waals surface area contributed by atoms with Gasteiger partial charge in [0.05, 0.1) is 18.4 Å². The van der Waals surface area contributed by atoms with Gasteiger partial charge in [0, 0.05) is 0 Å². The quantitative estimate of drug-likeness (QED) is 0.613. The third kappa shape index (κ3) is 2.44. The Morgan fingerprint density at radius 2 is 2.00 bits per heavy atom. The standard InChI is InChI=1S/C8H8NO4P/c1-13-8(10)6-4-2-3-5-7(6)9-14(11)12/h2-5H,1H3,(H,9,11,12). The monoisotopic (exact) mass is 213 g/mol. The number of para-hydroxylation sites is 1. The summed E-state index contributed by atoms with van der Waals surface area (Å²) in [5, 5.41) is 2.14. The van der Waals surface area contributed by atoms with Crippen molar-refractivity contribution in [2.24, 2.45) is 0 Å². The lowest BCUT2D eigenvalue weighted by atomic mass is 10.2. The molecule has 5 nitrogen and oxygen atoms in total. The van der Waals surface area contributed by atoms with Crippen molar-refractivity contribution in [3.05, 3.63) is 29.8 Å². The van der Waals surface area contributed by atoms with Crippen LogP contribution in [0, 0.1) is 0 Å². The highest BCUT2D eigenvalue weighted by molar-refractivity contribution is 7.32. The molecule has 14 heavy (non-hydrogen) atoms. The van der Waals surface area contributed by atoms with Gasteiger partial charge in [-0.15, -0.1) is 0 Å². The third-order valence-corrected chi connectivity index (χ3v) is 1.97. The molecule has 0 radical (unpaired) electrons. The Morgan fingerprint density at radius 1 is 1.36 bits per heavy atom. The van der Waals surface area contributed by atoms with Crippen LogP contribution in [0.15, 0.2) is 24.3 Å². The first-order valence-electron chi connectivity index (χ1n) is 3.73. The maximum Gasteiger partial charge on any atom is 0.424 e. The third-order valence-electron chi connectivity index (χ3n) is 1.54. The minimum atomic E-state index is -2.78. The maximum absolute atomic E-state index is 11.2. The topological polar surface area (TPSA) is 72.5 Å². The van der Waals surface area contributed by atoms with Gasteiger partial charge in [-0.1, -0.05) is 12.1 Å². The van der Waals surface area contributed by atoms with Crippen LogP contribution in [0.1, 0.15) is 10.4 Å². The van der Waals surface area contributed by atoms with E-state index in [0.717, 1.165) is 0 Å². The Labute approximate surface area is 81.0 Å². The molecule has 0 aromatic heterocycles. The first-order valence-corrected chi connectivity index (χ1v) is 4.91.